The number of hydrogen-bond acceptors (Lipinski definition) is 4. The fraction of sp³-hybridized carbons (Fsp3) is 0.250. The van der Waals surface area contributed by atoms with E-state index >= 15 is 0 Å². The maximum Gasteiger partial charge on any atom is 0.438 e. The van der Waals surface area contributed by atoms with Crippen molar-refractivity contribution >= 4 is 18.2 Å². The number of imide groups is 1. The predicted octanol–water partition coefficient (Wildman–Crippen LogP) is 2.10. The first kappa shape index (κ1) is 11.3. The lowest BCUT2D eigenvalue weighted by atomic mass is 10.1. The van der Waals surface area contributed by atoms with Gasteiger partial charge in [-0.3, -0.25) is 4.79 Å². The second kappa shape index (κ2) is 4.78. The van der Waals surface area contributed by atoms with Crippen molar-refractivity contribution in [2.24, 2.45) is 5.10 Å². The summed E-state index contributed by atoms with van der Waals surface area (Å²) < 4.78 is 5.14. The van der Waals surface area contributed by atoms with Gasteiger partial charge in [-0.25, -0.2) is 4.79 Å². The Hall–Kier alpha value is -2.17. The van der Waals surface area contributed by atoms with Gasteiger partial charge in [-0.2, -0.15) is 5.10 Å². The van der Waals surface area contributed by atoms with Crippen LogP contribution in [0.3, 0.4) is 0 Å². The topological polar surface area (TPSA) is 59.0 Å². The highest BCUT2D eigenvalue weighted by Crippen LogP contribution is 2.18. The number of rotatable bonds is 2. The molecule has 1 heterocycles. The molecular formula is C12H12N2O3. The molecule has 0 spiro atoms. The Kier molecular flexibility index (Phi) is 3.18. The first-order valence-electron chi connectivity index (χ1n) is 5.29. The smallest absolute Gasteiger partial charge is 0.438 e. The summed E-state index contributed by atoms with van der Waals surface area (Å²) in [6.07, 6.45) is 0.387. The van der Waals surface area contributed by atoms with Crippen molar-refractivity contribution in [2.75, 3.05) is 0 Å². The molecule has 0 bridgehead atoms. The minimum absolute atomic E-state index is 0.148. The molecule has 17 heavy (non-hydrogen) atoms. The summed E-state index contributed by atoms with van der Waals surface area (Å²) >= 11 is 0. The lowest BCUT2D eigenvalue weighted by Gasteiger charge is -2.16. The van der Waals surface area contributed by atoms with Gasteiger partial charge < -0.3 is 4.74 Å². The number of hydrazone groups is 1. The van der Waals surface area contributed by atoms with E-state index in [-0.39, 0.29) is 12.3 Å². The highest BCUT2D eigenvalue weighted by atomic mass is 16.6. The van der Waals surface area contributed by atoms with Crippen LogP contribution in [-0.2, 0) is 9.53 Å². The van der Waals surface area contributed by atoms with Crippen LogP contribution in [0.1, 0.15) is 25.0 Å². The molecule has 2 amide bonds. The quantitative estimate of drug-likeness (QED) is 0.784. The lowest BCUT2D eigenvalue weighted by Crippen LogP contribution is -2.29. The van der Waals surface area contributed by atoms with Crippen LogP contribution in [0.2, 0.25) is 0 Å². The molecule has 1 aliphatic heterocycles. The van der Waals surface area contributed by atoms with E-state index in [0.29, 0.717) is 0 Å². The van der Waals surface area contributed by atoms with Gasteiger partial charge in [0.15, 0.2) is 0 Å². The van der Waals surface area contributed by atoms with Crippen LogP contribution in [0.25, 0.3) is 0 Å². The molecule has 0 aliphatic carbocycles. The standard InChI is InChI=1S/C12H12N2O3/c1-9(10-5-3-2-4-6-10)17-12(16)14-11(15)7-8-13-14/h2-6,8-9H,7H2,1H3. The Morgan fingerprint density at radius 2 is 2.12 bits per heavy atom. The number of carbonyl (C=O) groups is 2. The SMILES string of the molecule is CC(OC(=O)N1N=CCC1=O)c1ccccc1. The van der Waals surface area contributed by atoms with Gasteiger partial charge in [0.05, 0.1) is 6.42 Å². The third-order valence-electron chi connectivity index (χ3n) is 2.42. The maximum absolute atomic E-state index is 11.6. The van der Waals surface area contributed by atoms with Crippen LogP contribution in [0, 0.1) is 0 Å². The van der Waals surface area contributed by atoms with Crippen LogP contribution in [0.4, 0.5) is 4.79 Å². The minimum atomic E-state index is -0.736. The first-order valence-corrected chi connectivity index (χ1v) is 5.29. The molecule has 88 valence electrons. The average molecular weight is 232 g/mol. The molecule has 1 aromatic carbocycles. The van der Waals surface area contributed by atoms with E-state index in [1.165, 1.54) is 6.21 Å². The van der Waals surface area contributed by atoms with E-state index in [9.17, 15) is 9.59 Å². The molecule has 5 nitrogen and oxygen atoms in total. The highest BCUT2D eigenvalue weighted by Gasteiger charge is 2.27. The molecule has 0 radical (unpaired) electrons. The summed E-state index contributed by atoms with van der Waals surface area (Å²) in [5.74, 6) is -0.365. The Morgan fingerprint density at radius 3 is 2.71 bits per heavy atom. The summed E-state index contributed by atoms with van der Waals surface area (Å²) in [4.78, 5) is 22.8. The maximum atomic E-state index is 11.6. The van der Waals surface area contributed by atoms with Gasteiger partial charge in [-0.05, 0) is 12.5 Å². The zero-order chi connectivity index (χ0) is 12.3. The van der Waals surface area contributed by atoms with E-state index in [0.717, 1.165) is 10.6 Å². The number of nitrogens with zero attached hydrogens (tertiary/aromatic N) is 2. The van der Waals surface area contributed by atoms with E-state index in [1.54, 1.807) is 6.92 Å². The van der Waals surface area contributed by atoms with Crippen molar-refractivity contribution in [1.29, 1.82) is 0 Å². The number of hydrogen-bond donors (Lipinski definition) is 0. The number of ether oxygens (including phenoxy) is 1. The van der Waals surface area contributed by atoms with Crippen molar-refractivity contribution in [1.82, 2.24) is 5.01 Å². The van der Waals surface area contributed by atoms with Crippen LogP contribution in [0.15, 0.2) is 35.4 Å². The Labute approximate surface area is 98.7 Å². The molecule has 1 aromatic rings. The van der Waals surface area contributed by atoms with Crippen LogP contribution < -0.4 is 0 Å². The molecule has 1 unspecified atom stereocenters. The molecule has 5 heteroatoms. The van der Waals surface area contributed by atoms with Gasteiger partial charge in [0.25, 0.3) is 5.91 Å². The second-order valence-electron chi connectivity index (χ2n) is 3.64. The van der Waals surface area contributed by atoms with E-state index in [4.69, 9.17) is 4.74 Å². The molecular weight excluding hydrogens is 220 g/mol. The van der Waals surface area contributed by atoms with E-state index < -0.39 is 12.2 Å². The predicted molar refractivity (Wildman–Crippen MR) is 61.3 cm³/mol. The first-order chi connectivity index (χ1) is 8.18. The van der Waals surface area contributed by atoms with Crippen LogP contribution >= 0.6 is 0 Å². The van der Waals surface area contributed by atoms with Gasteiger partial charge in [-0.1, -0.05) is 30.3 Å². The zero-order valence-corrected chi connectivity index (χ0v) is 9.37. The summed E-state index contributed by atoms with van der Waals surface area (Å²) in [6, 6.07) is 9.31. The fourth-order valence-electron chi connectivity index (χ4n) is 1.49. The summed E-state index contributed by atoms with van der Waals surface area (Å²) in [7, 11) is 0. The lowest BCUT2D eigenvalue weighted by molar-refractivity contribution is -0.127. The highest BCUT2D eigenvalue weighted by molar-refractivity contribution is 6.02. The van der Waals surface area contributed by atoms with Crippen molar-refractivity contribution in [3.63, 3.8) is 0 Å². The van der Waals surface area contributed by atoms with Gasteiger partial charge in [0, 0.05) is 6.21 Å². The summed E-state index contributed by atoms with van der Waals surface area (Å²) in [5, 5.41) is 4.40. The third kappa shape index (κ3) is 2.50. The largest absolute Gasteiger partial charge is 0.440 e. The summed E-state index contributed by atoms with van der Waals surface area (Å²) in [6.45, 7) is 1.75. The van der Waals surface area contributed by atoms with Crippen molar-refractivity contribution in [3.8, 4) is 0 Å². The molecule has 2 rings (SSSR count). The minimum Gasteiger partial charge on any atom is -0.440 e. The average Bonchev–Trinajstić information content (AvgIpc) is 2.76. The van der Waals surface area contributed by atoms with E-state index in [1.807, 2.05) is 30.3 Å². The Morgan fingerprint density at radius 1 is 1.41 bits per heavy atom. The van der Waals surface area contributed by atoms with Gasteiger partial charge in [0.1, 0.15) is 6.10 Å². The zero-order valence-electron chi connectivity index (χ0n) is 9.37. The number of benzene rings is 1. The van der Waals surface area contributed by atoms with Crippen molar-refractivity contribution in [3.05, 3.63) is 35.9 Å². The van der Waals surface area contributed by atoms with Crippen LogP contribution in [-0.4, -0.2) is 23.2 Å². The Balaban J connectivity index is 2.00. The number of amides is 2. The van der Waals surface area contributed by atoms with E-state index in [2.05, 4.69) is 5.10 Å². The monoisotopic (exact) mass is 232 g/mol. The molecule has 0 N–H and O–H groups in total. The third-order valence-corrected chi connectivity index (χ3v) is 2.42. The molecule has 0 saturated carbocycles. The normalized spacial score (nSPS) is 16.1. The number of carbonyl (C=O) groups excluding carboxylic acids is 2. The van der Waals surface area contributed by atoms with Gasteiger partial charge in [0.2, 0.25) is 0 Å². The van der Waals surface area contributed by atoms with Gasteiger partial charge >= 0.3 is 6.09 Å². The molecule has 0 fully saturated rings. The molecule has 1 aliphatic rings. The van der Waals surface area contributed by atoms with Crippen LogP contribution in [0.5, 0.6) is 0 Å². The van der Waals surface area contributed by atoms with Gasteiger partial charge in [-0.15, -0.1) is 5.01 Å². The van der Waals surface area contributed by atoms with Crippen molar-refractivity contribution in [2.45, 2.75) is 19.4 Å². The fourth-order valence-corrected chi connectivity index (χ4v) is 1.49. The second-order valence-corrected chi connectivity index (χ2v) is 3.64. The molecule has 0 saturated heterocycles. The molecule has 0 aromatic heterocycles. The Bertz CT molecular complexity index is 456. The van der Waals surface area contributed by atoms with Crippen molar-refractivity contribution < 1.29 is 14.3 Å². The molecule has 1 atom stereocenters. The summed E-state index contributed by atoms with van der Waals surface area (Å²) in [5.41, 5.74) is 0.872.